The molecule has 6 nitrogen and oxygen atoms in total. The van der Waals surface area contributed by atoms with Gasteiger partial charge in [-0.05, 0) is 33.6 Å². The van der Waals surface area contributed by atoms with Gasteiger partial charge in [0.25, 0.3) is 0 Å². The summed E-state index contributed by atoms with van der Waals surface area (Å²) in [4.78, 5) is 32.0. The van der Waals surface area contributed by atoms with Crippen molar-refractivity contribution in [1.29, 1.82) is 0 Å². The molecule has 7 heteroatoms. The van der Waals surface area contributed by atoms with Crippen LogP contribution in [0.2, 0.25) is 0 Å². The van der Waals surface area contributed by atoms with Crippen molar-refractivity contribution in [3.05, 3.63) is 10.6 Å². The number of thiazole rings is 1. The molecule has 1 aliphatic heterocycles. The maximum absolute atomic E-state index is 12.1. The second-order valence-corrected chi connectivity index (χ2v) is 8.85. The number of nitrogens with one attached hydrogen (secondary N) is 2. The minimum absolute atomic E-state index is 0.0500. The van der Waals surface area contributed by atoms with Gasteiger partial charge in [0.05, 0.1) is 12.2 Å². The lowest BCUT2D eigenvalue weighted by atomic mass is 9.85. The van der Waals surface area contributed by atoms with Gasteiger partial charge < -0.3 is 10.6 Å². The molecule has 0 bridgehead atoms. The van der Waals surface area contributed by atoms with E-state index in [1.54, 1.807) is 11.3 Å². The zero-order valence-corrected chi connectivity index (χ0v) is 15.5. The number of amides is 2. The SMILES string of the molecule is CC(C)(C)NC(=O)CN1CCc2nc(NC(=O)C3CCC3)sc2C1. The van der Waals surface area contributed by atoms with Crippen molar-refractivity contribution in [2.45, 2.75) is 58.5 Å². The number of anilines is 1. The van der Waals surface area contributed by atoms with E-state index in [1.807, 2.05) is 20.8 Å². The van der Waals surface area contributed by atoms with Gasteiger partial charge in [-0.2, -0.15) is 0 Å². The average Bonchev–Trinajstić information content (AvgIpc) is 2.75. The van der Waals surface area contributed by atoms with Gasteiger partial charge in [-0.15, -0.1) is 11.3 Å². The molecule has 3 rings (SSSR count). The van der Waals surface area contributed by atoms with Gasteiger partial charge in [-0.25, -0.2) is 4.98 Å². The van der Waals surface area contributed by atoms with Gasteiger partial charge in [0.15, 0.2) is 5.13 Å². The summed E-state index contributed by atoms with van der Waals surface area (Å²) in [6, 6.07) is 0. The topological polar surface area (TPSA) is 74.3 Å². The lowest BCUT2D eigenvalue weighted by Crippen LogP contribution is -2.46. The van der Waals surface area contributed by atoms with Gasteiger partial charge in [-0.3, -0.25) is 14.5 Å². The number of hydrogen-bond donors (Lipinski definition) is 2. The second-order valence-electron chi connectivity index (χ2n) is 7.76. The summed E-state index contributed by atoms with van der Waals surface area (Å²) < 4.78 is 0. The van der Waals surface area contributed by atoms with Crippen LogP contribution in [0.25, 0.3) is 0 Å². The Labute approximate surface area is 147 Å². The summed E-state index contributed by atoms with van der Waals surface area (Å²) in [7, 11) is 0. The summed E-state index contributed by atoms with van der Waals surface area (Å²) in [5.41, 5.74) is 0.859. The second kappa shape index (κ2) is 6.80. The summed E-state index contributed by atoms with van der Waals surface area (Å²) >= 11 is 1.54. The Morgan fingerprint density at radius 1 is 1.33 bits per heavy atom. The van der Waals surface area contributed by atoms with Crippen molar-refractivity contribution in [2.75, 3.05) is 18.4 Å². The third kappa shape index (κ3) is 4.33. The highest BCUT2D eigenvalue weighted by Crippen LogP contribution is 2.31. The fourth-order valence-electron chi connectivity index (χ4n) is 2.98. The molecular formula is C17H26N4O2S. The zero-order chi connectivity index (χ0) is 17.3. The molecule has 0 unspecified atom stereocenters. The largest absolute Gasteiger partial charge is 0.350 e. The molecule has 0 radical (unpaired) electrons. The standard InChI is InChI=1S/C17H26N4O2S/c1-17(2,3)20-14(22)10-21-8-7-12-13(9-21)24-16(18-12)19-15(23)11-5-4-6-11/h11H,4-10H2,1-3H3,(H,20,22)(H,18,19,23). The Morgan fingerprint density at radius 2 is 2.08 bits per heavy atom. The first-order valence-corrected chi connectivity index (χ1v) is 9.44. The molecule has 1 fully saturated rings. The quantitative estimate of drug-likeness (QED) is 0.873. The molecule has 1 saturated carbocycles. The van der Waals surface area contributed by atoms with Crippen LogP contribution in [-0.4, -0.2) is 40.3 Å². The molecule has 1 aromatic heterocycles. The number of carbonyl (C=O) groups is 2. The van der Waals surface area contributed by atoms with Crippen molar-refractivity contribution >= 4 is 28.3 Å². The van der Waals surface area contributed by atoms with E-state index < -0.39 is 0 Å². The van der Waals surface area contributed by atoms with Crippen molar-refractivity contribution < 1.29 is 9.59 Å². The molecule has 1 aromatic rings. The number of nitrogens with zero attached hydrogens (tertiary/aromatic N) is 2. The van der Waals surface area contributed by atoms with E-state index in [1.165, 1.54) is 0 Å². The summed E-state index contributed by atoms with van der Waals surface area (Å²) in [5.74, 6) is 0.325. The maximum atomic E-state index is 12.1. The summed E-state index contributed by atoms with van der Waals surface area (Å²) in [6.45, 7) is 7.91. The number of hydrogen-bond acceptors (Lipinski definition) is 5. The number of fused-ring (bicyclic) bond motifs is 1. The normalized spacial score (nSPS) is 18.6. The highest BCUT2D eigenvalue weighted by molar-refractivity contribution is 7.15. The fourth-order valence-corrected chi connectivity index (χ4v) is 4.03. The molecule has 2 amide bonds. The summed E-state index contributed by atoms with van der Waals surface area (Å²) in [6.07, 6.45) is 3.97. The van der Waals surface area contributed by atoms with E-state index in [2.05, 4.69) is 20.5 Å². The molecule has 0 aromatic carbocycles. The minimum Gasteiger partial charge on any atom is -0.350 e. The van der Waals surface area contributed by atoms with E-state index in [-0.39, 0.29) is 23.3 Å². The smallest absolute Gasteiger partial charge is 0.234 e. The number of aromatic nitrogens is 1. The van der Waals surface area contributed by atoms with Crippen molar-refractivity contribution in [3.63, 3.8) is 0 Å². The van der Waals surface area contributed by atoms with Crippen LogP contribution in [0.15, 0.2) is 0 Å². The molecule has 0 spiro atoms. The predicted octanol–water partition coefficient (Wildman–Crippen LogP) is 2.15. The lowest BCUT2D eigenvalue weighted by molar-refractivity contribution is -0.124. The van der Waals surface area contributed by atoms with Crippen LogP contribution in [0, 0.1) is 5.92 Å². The molecule has 2 aliphatic rings. The van der Waals surface area contributed by atoms with Gasteiger partial charge in [0, 0.05) is 35.8 Å². The van der Waals surface area contributed by atoms with Crippen LogP contribution < -0.4 is 10.6 Å². The van der Waals surface area contributed by atoms with E-state index >= 15 is 0 Å². The molecule has 2 heterocycles. The van der Waals surface area contributed by atoms with Gasteiger partial charge >= 0.3 is 0 Å². The Bertz CT molecular complexity index is 631. The third-order valence-electron chi connectivity index (χ3n) is 4.40. The molecule has 2 N–H and O–H groups in total. The molecule has 24 heavy (non-hydrogen) atoms. The molecular weight excluding hydrogens is 324 g/mol. The Kier molecular flexibility index (Phi) is 4.92. The molecule has 0 saturated heterocycles. The Balaban J connectivity index is 1.55. The van der Waals surface area contributed by atoms with Crippen LogP contribution >= 0.6 is 11.3 Å². The average molecular weight is 350 g/mol. The number of carbonyl (C=O) groups excluding carboxylic acids is 2. The van der Waals surface area contributed by atoms with Crippen LogP contribution in [-0.2, 0) is 22.6 Å². The Morgan fingerprint density at radius 3 is 2.71 bits per heavy atom. The zero-order valence-electron chi connectivity index (χ0n) is 14.6. The molecule has 0 atom stereocenters. The first-order valence-electron chi connectivity index (χ1n) is 8.63. The van der Waals surface area contributed by atoms with Crippen LogP contribution in [0.1, 0.15) is 50.6 Å². The van der Waals surface area contributed by atoms with Gasteiger partial charge in [0.1, 0.15) is 0 Å². The highest BCUT2D eigenvalue weighted by Gasteiger charge is 2.27. The Hall–Kier alpha value is -1.47. The first-order chi connectivity index (χ1) is 11.3. The lowest BCUT2D eigenvalue weighted by Gasteiger charge is -2.27. The van der Waals surface area contributed by atoms with E-state index in [4.69, 9.17) is 0 Å². The van der Waals surface area contributed by atoms with E-state index in [0.29, 0.717) is 11.7 Å². The van der Waals surface area contributed by atoms with Gasteiger partial charge in [-0.1, -0.05) is 6.42 Å². The minimum atomic E-state index is -0.207. The third-order valence-corrected chi connectivity index (χ3v) is 5.40. The van der Waals surface area contributed by atoms with Crippen LogP contribution in [0.3, 0.4) is 0 Å². The van der Waals surface area contributed by atoms with Crippen molar-refractivity contribution in [3.8, 4) is 0 Å². The monoisotopic (exact) mass is 350 g/mol. The van der Waals surface area contributed by atoms with Crippen molar-refractivity contribution in [2.24, 2.45) is 5.92 Å². The first kappa shape index (κ1) is 17.4. The van der Waals surface area contributed by atoms with Gasteiger partial charge in [0.2, 0.25) is 11.8 Å². The van der Waals surface area contributed by atoms with E-state index in [9.17, 15) is 9.59 Å². The van der Waals surface area contributed by atoms with E-state index in [0.717, 1.165) is 49.3 Å². The molecule has 1 aliphatic carbocycles. The van der Waals surface area contributed by atoms with Crippen molar-refractivity contribution in [1.82, 2.24) is 15.2 Å². The highest BCUT2D eigenvalue weighted by atomic mass is 32.1. The maximum Gasteiger partial charge on any atom is 0.234 e. The predicted molar refractivity (Wildman–Crippen MR) is 95.0 cm³/mol. The van der Waals surface area contributed by atoms with Crippen LogP contribution in [0.5, 0.6) is 0 Å². The summed E-state index contributed by atoms with van der Waals surface area (Å²) in [5, 5.41) is 6.66. The molecule has 132 valence electrons. The number of rotatable bonds is 4. The van der Waals surface area contributed by atoms with Crippen LogP contribution in [0.4, 0.5) is 5.13 Å². The fraction of sp³-hybridized carbons (Fsp3) is 0.706.